The van der Waals surface area contributed by atoms with Crippen LogP contribution in [0.2, 0.25) is 0 Å². The minimum atomic E-state index is -3.44. The summed E-state index contributed by atoms with van der Waals surface area (Å²) in [6, 6.07) is 9.49. The molecule has 1 aromatic rings. The molecule has 0 aromatic heterocycles. The fourth-order valence-corrected chi connectivity index (χ4v) is 3.67. The van der Waals surface area contributed by atoms with Crippen LogP contribution in [0, 0.1) is 12.3 Å². The third kappa shape index (κ3) is 2.19. The van der Waals surface area contributed by atoms with Crippen LogP contribution in [0.1, 0.15) is 12.5 Å². The summed E-state index contributed by atoms with van der Waals surface area (Å²) in [5, 5.41) is 0. The number of hydrogen-bond donors (Lipinski definition) is 1. The molecule has 0 bridgehead atoms. The van der Waals surface area contributed by atoms with E-state index in [2.05, 4.69) is 4.72 Å². The smallest absolute Gasteiger partial charge is 0.269 e. The molecule has 1 aromatic carbocycles. The summed E-state index contributed by atoms with van der Waals surface area (Å²) in [6.07, 6.45) is 7.43. The van der Waals surface area contributed by atoms with Crippen molar-refractivity contribution in [3.05, 3.63) is 71.0 Å². The van der Waals surface area contributed by atoms with Crippen molar-refractivity contribution >= 4 is 15.7 Å². The van der Waals surface area contributed by atoms with Gasteiger partial charge in [0.05, 0.1) is 17.3 Å². The first kappa shape index (κ1) is 12.1. The van der Waals surface area contributed by atoms with Crippen molar-refractivity contribution in [3.63, 3.8) is 0 Å². The lowest BCUT2D eigenvalue weighted by Gasteiger charge is -2.21. The monoisotopic (exact) mass is 272 g/mol. The van der Waals surface area contributed by atoms with Gasteiger partial charge in [-0.15, -0.1) is 0 Å². The van der Waals surface area contributed by atoms with Crippen LogP contribution in [0.4, 0.5) is 0 Å². The van der Waals surface area contributed by atoms with E-state index in [4.69, 9.17) is 0 Å². The van der Waals surface area contributed by atoms with Gasteiger partial charge in [0.1, 0.15) is 5.92 Å². The molecule has 0 amide bonds. The highest BCUT2D eigenvalue weighted by Gasteiger charge is 2.37. The summed E-state index contributed by atoms with van der Waals surface area (Å²) >= 11 is 0. The molecule has 1 heterocycles. The summed E-state index contributed by atoms with van der Waals surface area (Å²) in [5.74, 6) is -0.175. The molecule has 0 spiro atoms. The number of rotatable bonds is 1. The molecular weight excluding hydrogens is 258 g/mol. The molecule has 3 rings (SSSR count). The Labute approximate surface area is 113 Å². The van der Waals surface area contributed by atoms with Gasteiger partial charge < -0.3 is 0 Å². The van der Waals surface area contributed by atoms with Gasteiger partial charge in [0, 0.05) is 12.5 Å². The van der Waals surface area contributed by atoms with Gasteiger partial charge in [-0.1, -0.05) is 30.3 Å². The largest absolute Gasteiger partial charge is 0.305 e. The van der Waals surface area contributed by atoms with Crippen LogP contribution in [0.25, 0.3) is 5.70 Å². The highest BCUT2D eigenvalue weighted by molar-refractivity contribution is 7.93. The fourth-order valence-electron chi connectivity index (χ4n) is 2.33. The van der Waals surface area contributed by atoms with Gasteiger partial charge in [0.2, 0.25) is 0 Å². The number of allylic oxidation sites excluding steroid dienone is 5. The zero-order valence-corrected chi connectivity index (χ0v) is 11.3. The van der Waals surface area contributed by atoms with Gasteiger partial charge >= 0.3 is 10.0 Å². The topological polar surface area (TPSA) is 46.2 Å². The molecule has 3 nitrogen and oxygen atoms in total. The molecule has 96 valence electrons. The van der Waals surface area contributed by atoms with E-state index in [0.717, 1.165) is 11.1 Å². The van der Waals surface area contributed by atoms with Crippen molar-refractivity contribution in [2.75, 3.05) is 0 Å². The average molecular weight is 272 g/mol. The molecule has 0 radical (unpaired) electrons. The normalized spacial score (nSPS) is 24.1. The lowest BCUT2D eigenvalue weighted by Crippen LogP contribution is -2.32. The van der Waals surface area contributed by atoms with Crippen molar-refractivity contribution in [3.8, 4) is 0 Å². The Kier molecular flexibility index (Phi) is 2.75. The maximum atomic E-state index is 12.2. The standard InChI is InChI=1S/C15H14NO2S/c1-11-7-8-15-13(9-11)10-14(16-19(15,17)18)12-5-3-2-4-6-12/h2-10,13,16H,1H3/q+1. The maximum Gasteiger partial charge on any atom is 0.305 e. The van der Waals surface area contributed by atoms with Crippen molar-refractivity contribution in [2.24, 2.45) is 5.92 Å². The fraction of sp³-hybridized carbons (Fsp3) is 0.133. The highest BCUT2D eigenvalue weighted by atomic mass is 32.2. The van der Waals surface area contributed by atoms with Crippen LogP contribution in [0.15, 0.2) is 59.0 Å². The number of sulfonamides is 1. The van der Waals surface area contributed by atoms with Crippen LogP contribution in [-0.4, -0.2) is 8.42 Å². The zero-order valence-electron chi connectivity index (χ0n) is 10.5. The second kappa shape index (κ2) is 4.31. The quantitative estimate of drug-likeness (QED) is 0.799. The van der Waals surface area contributed by atoms with Crippen molar-refractivity contribution < 1.29 is 8.42 Å². The van der Waals surface area contributed by atoms with Gasteiger partial charge in [0.15, 0.2) is 4.91 Å². The van der Waals surface area contributed by atoms with Crippen molar-refractivity contribution in [2.45, 2.75) is 6.92 Å². The molecule has 1 N–H and O–H groups in total. The summed E-state index contributed by atoms with van der Waals surface area (Å²) in [4.78, 5) is 0.415. The lowest BCUT2D eigenvalue weighted by atomic mass is 9.95. The molecule has 1 aliphatic carbocycles. The van der Waals surface area contributed by atoms with Gasteiger partial charge in [-0.05, 0) is 18.6 Å². The Morgan fingerprint density at radius 1 is 1.16 bits per heavy atom. The van der Waals surface area contributed by atoms with E-state index in [1.165, 1.54) is 0 Å². The number of nitrogens with one attached hydrogen (secondary N) is 1. The van der Waals surface area contributed by atoms with Crippen LogP contribution in [0.5, 0.6) is 0 Å². The van der Waals surface area contributed by atoms with E-state index in [0.29, 0.717) is 10.6 Å². The Morgan fingerprint density at radius 3 is 2.63 bits per heavy atom. The third-order valence-corrected chi connectivity index (χ3v) is 4.78. The van der Waals surface area contributed by atoms with E-state index in [1.807, 2.05) is 55.8 Å². The van der Waals surface area contributed by atoms with Gasteiger partial charge in [-0.25, -0.2) is 0 Å². The van der Waals surface area contributed by atoms with E-state index >= 15 is 0 Å². The average Bonchev–Trinajstić information content (AvgIpc) is 2.38. The lowest BCUT2D eigenvalue weighted by molar-refractivity contribution is 0.592. The Bertz CT molecular complexity index is 697. The predicted molar refractivity (Wildman–Crippen MR) is 76.1 cm³/mol. The minimum Gasteiger partial charge on any atom is -0.269 e. The minimum absolute atomic E-state index is 0.175. The predicted octanol–water partition coefficient (Wildman–Crippen LogP) is 2.62. The summed E-state index contributed by atoms with van der Waals surface area (Å²) in [7, 11) is -3.44. The molecule has 0 saturated heterocycles. The third-order valence-electron chi connectivity index (χ3n) is 3.27. The molecule has 1 aliphatic heterocycles. The van der Waals surface area contributed by atoms with Gasteiger partial charge in [-0.3, -0.25) is 4.72 Å². The highest BCUT2D eigenvalue weighted by Crippen LogP contribution is 2.34. The van der Waals surface area contributed by atoms with E-state index in [-0.39, 0.29) is 5.92 Å². The van der Waals surface area contributed by atoms with Crippen molar-refractivity contribution in [1.82, 2.24) is 4.72 Å². The Hall–Kier alpha value is -1.94. The van der Waals surface area contributed by atoms with Crippen LogP contribution < -0.4 is 4.72 Å². The number of fused-ring (bicyclic) bond motifs is 1. The molecule has 1 unspecified atom stereocenters. The molecule has 0 saturated carbocycles. The number of hydrogen-bond acceptors (Lipinski definition) is 2. The second-order valence-electron chi connectivity index (χ2n) is 4.72. The zero-order chi connectivity index (χ0) is 13.5. The summed E-state index contributed by atoms with van der Waals surface area (Å²) in [5.41, 5.74) is 2.61. The van der Waals surface area contributed by atoms with E-state index < -0.39 is 10.0 Å². The van der Waals surface area contributed by atoms with E-state index in [1.54, 1.807) is 6.08 Å². The molecule has 4 heteroatoms. The van der Waals surface area contributed by atoms with Crippen LogP contribution in [0.3, 0.4) is 0 Å². The second-order valence-corrected chi connectivity index (χ2v) is 6.41. The molecule has 0 fully saturated rings. The first-order valence-electron chi connectivity index (χ1n) is 6.10. The van der Waals surface area contributed by atoms with E-state index in [9.17, 15) is 8.42 Å². The van der Waals surface area contributed by atoms with Crippen molar-refractivity contribution in [1.29, 1.82) is 0 Å². The van der Waals surface area contributed by atoms with Gasteiger partial charge in [0.25, 0.3) is 0 Å². The summed E-state index contributed by atoms with van der Waals surface area (Å²) < 4.78 is 27.1. The first-order chi connectivity index (χ1) is 9.06. The molecule has 19 heavy (non-hydrogen) atoms. The molecule has 2 aliphatic rings. The molecular formula is C15H14NO2S+. The van der Waals surface area contributed by atoms with Crippen LogP contribution >= 0.6 is 0 Å². The van der Waals surface area contributed by atoms with Gasteiger partial charge in [-0.2, -0.15) is 8.42 Å². The Morgan fingerprint density at radius 2 is 1.89 bits per heavy atom. The SMILES string of the molecule is CC1=CC2C=C(c3ccccc3)NS(=O)(=O)C2=C[CH+]1. The Balaban J connectivity index is 2.10. The molecule has 1 atom stereocenters. The number of benzene rings is 1. The van der Waals surface area contributed by atoms with Crippen LogP contribution in [-0.2, 0) is 10.0 Å². The first-order valence-corrected chi connectivity index (χ1v) is 7.58. The summed E-state index contributed by atoms with van der Waals surface area (Å²) in [6.45, 7) is 1.97. The maximum absolute atomic E-state index is 12.2.